The van der Waals surface area contributed by atoms with Crippen molar-refractivity contribution in [2.45, 2.75) is 39.0 Å². The molecule has 1 rings (SSSR count). The zero-order valence-corrected chi connectivity index (χ0v) is 8.99. The van der Waals surface area contributed by atoms with Crippen LogP contribution in [0.3, 0.4) is 0 Å². The van der Waals surface area contributed by atoms with Gasteiger partial charge in [-0.3, -0.25) is 4.79 Å². The molecular formula is C11H18N2O. The van der Waals surface area contributed by atoms with E-state index >= 15 is 0 Å². The number of carbonyl (C=O) groups is 1. The number of unbranched alkanes of at least 4 members (excludes halogenated alkanes) is 2. The van der Waals surface area contributed by atoms with Crippen molar-refractivity contribution >= 4 is 5.78 Å². The number of rotatable bonds is 6. The van der Waals surface area contributed by atoms with Crippen molar-refractivity contribution in [2.24, 2.45) is 7.05 Å². The summed E-state index contributed by atoms with van der Waals surface area (Å²) in [5.74, 6) is 1.17. The summed E-state index contributed by atoms with van der Waals surface area (Å²) < 4.78 is 1.90. The van der Waals surface area contributed by atoms with Crippen molar-refractivity contribution in [1.29, 1.82) is 0 Å². The van der Waals surface area contributed by atoms with Gasteiger partial charge in [0.15, 0.2) is 0 Å². The van der Waals surface area contributed by atoms with Gasteiger partial charge in [0.25, 0.3) is 0 Å². The van der Waals surface area contributed by atoms with Crippen LogP contribution < -0.4 is 0 Å². The molecule has 3 nitrogen and oxygen atoms in total. The summed E-state index contributed by atoms with van der Waals surface area (Å²) in [7, 11) is 1.92. The van der Waals surface area contributed by atoms with Gasteiger partial charge in [-0.2, -0.15) is 0 Å². The summed E-state index contributed by atoms with van der Waals surface area (Å²) >= 11 is 0. The second-order valence-corrected chi connectivity index (χ2v) is 3.63. The van der Waals surface area contributed by atoms with E-state index in [0.29, 0.717) is 18.6 Å². The summed E-state index contributed by atoms with van der Waals surface area (Å²) in [4.78, 5) is 15.6. The molecular weight excluding hydrogens is 176 g/mol. The number of carbonyl (C=O) groups excluding carboxylic acids is 1. The van der Waals surface area contributed by atoms with E-state index in [0.717, 1.165) is 25.1 Å². The van der Waals surface area contributed by atoms with Crippen molar-refractivity contribution in [3.63, 3.8) is 0 Å². The topological polar surface area (TPSA) is 34.9 Å². The Morgan fingerprint density at radius 3 is 2.86 bits per heavy atom. The lowest BCUT2D eigenvalue weighted by Crippen LogP contribution is -2.07. The first-order valence-corrected chi connectivity index (χ1v) is 5.22. The molecule has 78 valence electrons. The molecule has 0 aliphatic rings. The van der Waals surface area contributed by atoms with Crippen LogP contribution in [0.15, 0.2) is 12.4 Å². The molecule has 0 N–H and O–H groups in total. The maximum atomic E-state index is 11.5. The summed E-state index contributed by atoms with van der Waals surface area (Å²) in [6.45, 7) is 2.14. The van der Waals surface area contributed by atoms with Crippen molar-refractivity contribution in [3.8, 4) is 0 Å². The van der Waals surface area contributed by atoms with Crippen LogP contribution in [0.4, 0.5) is 0 Å². The fraction of sp³-hybridized carbons (Fsp3) is 0.636. The standard InChI is InChI=1S/C11H18N2O/c1-3-4-5-6-10(14)9-11-12-7-8-13(11)2/h7-8H,3-6,9H2,1-2H3. The van der Waals surface area contributed by atoms with E-state index < -0.39 is 0 Å². The SMILES string of the molecule is CCCCCC(=O)Cc1nccn1C. The third-order valence-corrected chi connectivity index (χ3v) is 2.34. The first kappa shape index (κ1) is 11.0. The molecule has 0 unspecified atom stereocenters. The molecule has 0 aliphatic heterocycles. The van der Waals surface area contributed by atoms with E-state index in [1.54, 1.807) is 6.20 Å². The number of imidazole rings is 1. The number of aryl methyl sites for hydroxylation is 1. The van der Waals surface area contributed by atoms with Gasteiger partial charge >= 0.3 is 0 Å². The van der Waals surface area contributed by atoms with Crippen LogP contribution in [-0.2, 0) is 18.3 Å². The second-order valence-electron chi connectivity index (χ2n) is 3.63. The minimum atomic E-state index is 0.299. The lowest BCUT2D eigenvalue weighted by molar-refractivity contribution is -0.118. The summed E-state index contributed by atoms with van der Waals surface area (Å²) in [5, 5.41) is 0. The van der Waals surface area contributed by atoms with E-state index in [1.165, 1.54) is 0 Å². The van der Waals surface area contributed by atoms with Gasteiger partial charge in [0.2, 0.25) is 0 Å². The highest BCUT2D eigenvalue weighted by Crippen LogP contribution is 2.04. The molecule has 0 aliphatic carbocycles. The van der Waals surface area contributed by atoms with Crippen LogP contribution in [0.5, 0.6) is 0 Å². The molecule has 0 bridgehead atoms. The average Bonchev–Trinajstić information content (AvgIpc) is 2.52. The summed E-state index contributed by atoms with van der Waals surface area (Å²) in [6.07, 6.45) is 8.10. The minimum Gasteiger partial charge on any atom is -0.338 e. The molecule has 0 aromatic carbocycles. The molecule has 0 radical (unpaired) electrons. The third kappa shape index (κ3) is 3.32. The Balaban J connectivity index is 2.31. The van der Waals surface area contributed by atoms with Gasteiger partial charge in [0.1, 0.15) is 11.6 Å². The van der Waals surface area contributed by atoms with Gasteiger partial charge in [-0.25, -0.2) is 4.98 Å². The van der Waals surface area contributed by atoms with Crippen molar-refractivity contribution < 1.29 is 4.79 Å². The smallest absolute Gasteiger partial charge is 0.140 e. The van der Waals surface area contributed by atoms with Crippen molar-refractivity contribution in [1.82, 2.24) is 9.55 Å². The van der Waals surface area contributed by atoms with Gasteiger partial charge in [0, 0.05) is 25.9 Å². The number of hydrogen-bond acceptors (Lipinski definition) is 2. The molecule has 14 heavy (non-hydrogen) atoms. The van der Waals surface area contributed by atoms with Crippen LogP contribution in [-0.4, -0.2) is 15.3 Å². The van der Waals surface area contributed by atoms with E-state index in [-0.39, 0.29) is 0 Å². The number of nitrogens with zero attached hydrogens (tertiary/aromatic N) is 2. The van der Waals surface area contributed by atoms with Crippen LogP contribution in [0, 0.1) is 0 Å². The first-order chi connectivity index (χ1) is 6.74. The number of ketones is 1. The Bertz CT molecular complexity index is 291. The highest BCUT2D eigenvalue weighted by molar-refractivity contribution is 5.80. The fourth-order valence-electron chi connectivity index (χ4n) is 1.40. The minimum absolute atomic E-state index is 0.299. The summed E-state index contributed by atoms with van der Waals surface area (Å²) in [5.41, 5.74) is 0. The maximum absolute atomic E-state index is 11.5. The van der Waals surface area contributed by atoms with Gasteiger partial charge in [0.05, 0.1) is 6.42 Å². The average molecular weight is 194 g/mol. The Labute approximate surface area is 85.2 Å². The molecule has 0 spiro atoms. The Morgan fingerprint density at radius 2 is 2.29 bits per heavy atom. The molecule has 0 saturated heterocycles. The second kappa shape index (κ2) is 5.58. The maximum Gasteiger partial charge on any atom is 0.140 e. The molecule has 0 saturated carbocycles. The third-order valence-electron chi connectivity index (χ3n) is 2.34. The van der Waals surface area contributed by atoms with E-state index in [1.807, 2.05) is 17.8 Å². The molecule has 0 amide bonds. The number of aromatic nitrogens is 2. The van der Waals surface area contributed by atoms with Crippen LogP contribution in [0.25, 0.3) is 0 Å². The molecule has 1 aromatic heterocycles. The largest absolute Gasteiger partial charge is 0.338 e. The van der Waals surface area contributed by atoms with Gasteiger partial charge in [-0.15, -0.1) is 0 Å². The fourth-order valence-corrected chi connectivity index (χ4v) is 1.40. The van der Waals surface area contributed by atoms with E-state index in [9.17, 15) is 4.79 Å². The Hall–Kier alpha value is -1.12. The van der Waals surface area contributed by atoms with Crippen molar-refractivity contribution in [3.05, 3.63) is 18.2 Å². The zero-order chi connectivity index (χ0) is 10.4. The molecule has 0 fully saturated rings. The molecule has 3 heteroatoms. The van der Waals surface area contributed by atoms with E-state index in [4.69, 9.17) is 0 Å². The normalized spacial score (nSPS) is 10.4. The lowest BCUT2D eigenvalue weighted by Gasteiger charge is -2.00. The highest BCUT2D eigenvalue weighted by Gasteiger charge is 2.06. The van der Waals surface area contributed by atoms with Gasteiger partial charge in [-0.05, 0) is 6.42 Å². The lowest BCUT2D eigenvalue weighted by atomic mass is 10.1. The monoisotopic (exact) mass is 194 g/mol. The number of Topliss-reactive ketones (excluding diaryl/α,β-unsaturated/α-hetero) is 1. The summed E-state index contributed by atoms with van der Waals surface area (Å²) in [6, 6.07) is 0. The van der Waals surface area contributed by atoms with E-state index in [2.05, 4.69) is 11.9 Å². The molecule has 1 aromatic rings. The van der Waals surface area contributed by atoms with Crippen molar-refractivity contribution in [2.75, 3.05) is 0 Å². The van der Waals surface area contributed by atoms with Gasteiger partial charge in [-0.1, -0.05) is 19.8 Å². The Kier molecular flexibility index (Phi) is 4.36. The highest BCUT2D eigenvalue weighted by atomic mass is 16.1. The van der Waals surface area contributed by atoms with Crippen LogP contribution in [0.2, 0.25) is 0 Å². The predicted octanol–water partition coefficient (Wildman–Crippen LogP) is 2.11. The van der Waals surface area contributed by atoms with Crippen LogP contribution >= 0.6 is 0 Å². The van der Waals surface area contributed by atoms with Gasteiger partial charge < -0.3 is 4.57 Å². The zero-order valence-electron chi connectivity index (χ0n) is 8.99. The Morgan fingerprint density at radius 1 is 1.50 bits per heavy atom. The molecule has 0 atom stereocenters. The quantitative estimate of drug-likeness (QED) is 0.650. The predicted molar refractivity (Wildman–Crippen MR) is 56.1 cm³/mol. The molecule has 1 heterocycles. The first-order valence-electron chi connectivity index (χ1n) is 5.22. The number of hydrogen-bond donors (Lipinski definition) is 0. The van der Waals surface area contributed by atoms with Crippen LogP contribution in [0.1, 0.15) is 38.4 Å².